The van der Waals surface area contributed by atoms with Gasteiger partial charge in [-0.3, -0.25) is 0 Å². The van der Waals surface area contributed by atoms with Gasteiger partial charge in [0.2, 0.25) is 0 Å². The number of carbonyl (C=O) groups is 1. The lowest BCUT2D eigenvalue weighted by atomic mass is 9.87. The lowest BCUT2D eigenvalue weighted by Gasteiger charge is -2.18. The summed E-state index contributed by atoms with van der Waals surface area (Å²) in [5.74, 6) is -0.296. The number of hydrogen-bond acceptors (Lipinski definition) is 3. The predicted molar refractivity (Wildman–Crippen MR) is 71.9 cm³/mol. The first-order valence-electron chi connectivity index (χ1n) is 6.30. The summed E-state index contributed by atoms with van der Waals surface area (Å²) >= 11 is 0. The summed E-state index contributed by atoms with van der Waals surface area (Å²) in [6.07, 6.45) is 0. The monoisotopic (exact) mass is 250 g/mol. The maximum atomic E-state index is 11.7. The third-order valence-corrected chi connectivity index (χ3v) is 2.65. The predicted octanol–water partition coefficient (Wildman–Crippen LogP) is 3.18. The maximum Gasteiger partial charge on any atom is 0.338 e. The fourth-order valence-corrected chi connectivity index (χ4v) is 1.53. The Kier molecular flexibility index (Phi) is 5.35. The number of benzene rings is 1. The number of rotatable bonds is 5. The fourth-order valence-electron chi connectivity index (χ4n) is 1.53. The molecule has 0 saturated carbocycles. The van der Waals surface area contributed by atoms with Gasteiger partial charge in [0.15, 0.2) is 0 Å². The summed E-state index contributed by atoms with van der Waals surface area (Å²) in [5.41, 5.74) is 1.88. The molecule has 1 aromatic carbocycles. The van der Waals surface area contributed by atoms with Crippen molar-refractivity contribution in [3.05, 3.63) is 35.4 Å². The number of hydrogen-bond donors (Lipinski definition) is 0. The summed E-state index contributed by atoms with van der Waals surface area (Å²) in [5, 5.41) is 0. The third-order valence-electron chi connectivity index (χ3n) is 2.65. The molecule has 0 aliphatic carbocycles. The van der Waals surface area contributed by atoms with Crippen molar-refractivity contribution in [2.75, 3.05) is 19.8 Å². The van der Waals surface area contributed by atoms with E-state index < -0.39 is 0 Å². The normalized spacial score (nSPS) is 11.3. The Balaban J connectivity index is 2.54. The summed E-state index contributed by atoms with van der Waals surface area (Å²) in [6.45, 7) is 9.72. The van der Waals surface area contributed by atoms with Gasteiger partial charge in [0, 0.05) is 6.61 Å². The van der Waals surface area contributed by atoms with E-state index in [1.54, 1.807) is 0 Å². The summed E-state index contributed by atoms with van der Waals surface area (Å²) in [4.78, 5) is 11.7. The van der Waals surface area contributed by atoms with E-state index in [0.29, 0.717) is 25.4 Å². The van der Waals surface area contributed by atoms with Crippen LogP contribution in [0, 0.1) is 0 Å². The van der Waals surface area contributed by atoms with Gasteiger partial charge in [0.1, 0.15) is 6.61 Å². The highest BCUT2D eigenvalue weighted by Gasteiger charge is 2.14. The standard InChI is InChI=1S/C15H22O3/c1-5-17-10-11-18-14(16)12-6-8-13(9-7-12)15(2,3)4/h6-9H,5,10-11H2,1-4H3. The molecule has 0 spiro atoms. The molecular weight excluding hydrogens is 228 g/mol. The molecule has 0 atom stereocenters. The van der Waals surface area contributed by atoms with E-state index in [1.807, 2.05) is 31.2 Å². The van der Waals surface area contributed by atoms with E-state index in [0.717, 1.165) is 0 Å². The first kappa shape index (κ1) is 14.7. The van der Waals surface area contributed by atoms with Crippen molar-refractivity contribution in [2.24, 2.45) is 0 Å². The molecule has 3 heteroatoms. The molecule has 0 unspecified atom stereocenters. The van der Waals surface area contributed by atoms with Crippen molar-refractivity contribution in [2.45, 2.75) is 33.1 Å². The number of carbonyl (C=O) groups excluding carboxylic acids is 1. The molecule has 0 radical (unpaired) electrons. The smallest absolute Gasteiger partial charge is 0.338 e. The fraction of sp³-hybridized carbons (Fsp3) is 0.533. The van der Waals surface area contributed by atoms with Crippen LogP contribution in [0.5, 0.6) is 0 Å². The number of ether oxygens (including phenoxy) is 2. The van der Waals surface area contributed by atoms with E-state index >= 15 is 0 Å². The molecule has 0 saturated heterocycles. The molecule has 0 bridgehead atoms. The second-order valence-electron chi connectivity index (χ2n) is 5.16. The van der Waals surface area contributed by atoms with Gasteiger partial charge in [-0.2, -0.15) is 0 Å². The zero-order valence-corrected chi connectivity index (χ0v) is 11.7. The Bertz CT molecular complexity index is 374. The molecule has 0 heterocycles. The van der Waals surface area contributed by atoms with E-state index in [4.69, 9.17) is 9.47 Å². The van der Waals surface area contributed by atoms with Crippen molar-refractivity contribution in [3.8, 4) is 0 Å². The Morgan fingerprint density at radius 1 is 1.11 bits per heavy atom. The quantitative estimate of drug-likeness (QED) is 0.594. The van der Waals surface area contributed by atoms with Gasteiger partial charge in [-0.15, -0.1) is 0 Å². The Morgan fingerprint density at radius 2 is 1.72 bits per heavy atom. The van der Waals surface area contributed by atoms with Crippen LogP contribution in [0.25, 0.3) is 0 Å². The van der Waals surface area contributed by atoms with E-state index in [9.17, 15) is 4.79 Å². The minimum Gasteiger partial charge on any atom is -0.460 e. The topological polar surface area (TPSA) is 35.5 Å². The minimum atomic E-state index is -0.296. The Labute approximate surface area is 109 Å². The van der Waals surface area contributed by atoms with Crippen LogP contribution >= 0.6 is 0 Å². The van der Waals surface area contributed by atoms with E-state index in [-0.39, 0.29) is 11.4 Å². The van der Waals surface area contributed by atoms with Crippen molar-refractivity contribution in [1.29, 1.82) is 0 Å². The maximum absolute atomic E-state index is 11.7. The molecule has 3 nitrogen and oxygen atoms in total. The van der Waals surface area contributed by atoms with Gasteiger partial charge in [0.25, 0.3) is 0 Å². The lowest BCUT2D eigenvalue weighted by molar-refractivity contribution is 0.0335. The van der Waals surface area contributed by atoms with Crippen LogP contribution in [-0.2, 0) is 14.9 Å². The van der Waals surface area contributed by atoms with Crippen LogP contribution in [0.1, 0.15) is 43.6 Å². The average Bonchev–Trinajstić information content (AvgIpc) is 2.33. The van der Waals surface area contributed by atoms with Crippen LogP contribution in [-0.4, -0.2) is 25.8 Å². The average molecular weight is 250 g/mol. The van der Waals surface area contributed by atoms with E-state index in [2.05, 4.69) is 20.8 Å². The second kappa shape index (κ2) is 6.55. The minimum absolute atomic E-state index is 0.0946. The van der Waals surface area contributed by atoms with Crippen LogP contribution in [0.4, 0.5) is 0 Å². The molecule has 0 aliphatic rings. The molecule has 18 heavy (non-hydrogen) atoms. The molecule has 1 rings (SSSR count). The molecule has 0 N–H and O–H groups in total. The van der Waals surface area contributed by atoms with Crippen molar-refractivity contribution < 1.29 is 14.3 Å². The number of esters is 1. The van der Waals surface area contributed by atoms with Gasteiger partial charge in [-0.1, -0.05) is 32.9 Å². The van der Waals surface area contributed by atoms with Gasteiger partial charge in [0.05, 0.1) is 12.2 Å². The van der Waals surface area contributed by atoms with Gasteiger partial charge in [-0.05, 0) is 30.0 Å². The molecule has 0 aromatic heterocycles. The zero-order valence-electron chi connectivity index (χ0n) is 11.7. The van der Waals surface area contributed by atoms with Crippen molar-refractivity contribution in [1.82, 2.24) is 0 Å². The van der Waals surface area contributed by atoms with Crippen LogP contribution in [0.3, 0.4) is 0 Å². The van der Waals surface area contributed by atoms with Gasteiger partial charge >= 0.3 is 5.97 Å². The molecule has 1 aromatic rings. The summed E-state index contributed by atoms with van der Waals surface area (Å²) < 4.78 is 10.2. The van der Waals surface area contributed by atoms with Crippen molar-refractivity contribution >= 4 is 5.97 Å². The largest absolute Gasteiger partial charge is 0.460 e. The molecule has 100 valence electrons. The van der Waals surface area contributed by atoms with Gasteiger partial charge in [-0.25, -0.2) is 4.79 Å². The van der Waals surface area contributed by atoms with Crippen LogP contribution in [0.2, 0.25) is 0 Å². The van der Waals surface area contributed by atoms with E-state index in [1.165, 1.54) is 5.56 Å². The first-order chi connectivity index (χ1) is 8.45. The third kappa shape index (κ3) is 4.49. The zero-order chi connectivity index (χ0) is 13.6. The highest BCUT2D eigenvalue weighted by Crippen LogP contribution is 2.22. The highest BCUT2D eigenvalue weighted by molar-refractivity contribution is 5.89. The SMILES string of the molecule is CCOCCOC(=O)c1ccc(C(C)(C)C)cc1. The molecule has 0 amide bonds. The summed E-state index contributed by atoms with van der Waals surface area (Å²) in [6, 6.07) is 7.56. The summed E-state index contributed by atoms with van der Waals surface area (Å²) in [7, 11) is 0. The first-order valence-corrected chi connectivity index (χ1v) is 6.30. The van der Waals surface area contributed by atoms with Crippen LogP contribution < -0.4 is 0 Å². The molecule has 0 aliphatic heterocycles. The lowest BCUT2D eigenvalue weighted by Crippen LogP contribution is -2.13. The van der Waals surface area contributed by atoms with Crippen molar-refractivity contribution in [3.63, 3.8) is 0 Å². The Hall–Kier alpha value is -1.35. The highest BCUT2D eigenvalue weighted by atomic mass is 16.6. The molecular formula is C15H22O3. The Morgan fingerprint density at radius 3 is 2.22 bits per heavy atom. The molecule has 0 fully saturated rings. The van der Waals surface area contributed by atoms with Crippen LogP contribution in [0.15, 0.2) is 24.3 Å². The van der Waals surface area contributed by atoms with Gasteiger partial charge < -0.3 is 9.47 Å². The second-order valence-corrected chi connectivity index (χ2v) is 5.16.